The fraction of sp³-hybridized carbons (Fsp3) is 0.387. The van der Waals surface area contributed by atoms with Crippen LogP contribution in [0.15, 0.2) is 48.5 Å². The van der Waals surface area contributed by atoms with Crippen LogP contribution in [0.2, 0.25) is 0 Å². The summed E-state index contributed by atoms with van der Waals surface area (Å²) in [6.07, 6.45) is -0.351. The van der Waals surface area contributed by atoms with Gasteiger partial charge >= 0.3 is 6.09 Å². The highest BCUT2D eigenvalue weighted by molar-refractivity contribution is 6.19. The van der Waals surface area contributed by atoms with Crippen molar-refractivity contribution in [3.05, 3.63) is 59.7 Å². The van der Waals surface area contributed by atoms with Crippen molar-refractivity contribution in [1.82, 2.24) is 9.55 Å². The summed E-state index contributed by atoms with van der Waals surface area (Å²) in [5.41, 5.74) is 5.90. The number of ether oxygens (including phenoxy) is 1. The Kier molecular flexibility index (Phi) is 4.94. The number of benzene rings is 3. The highest BCUT2D eigenvalue weighted by Gasteiger charge is 2.25. The van der Waals surface area contributed by atoms with Gasteiger partial charge in [0.05, 0.1) is 11.0 Å². The van der Waals surface area contributed by atoms with Gasteiger partial charge in [0.15, 0.2) is 0 Å². The molecule has 0 atom stereocenters. The van der Waals surface area contributed by atoms with Crippen LogP contribution in [0.3, 0.4) is 0 Å². The number of carbonyl (C=O) groups excluding carboxylic acids is 1. The monoisotopic (exact) mass is 468 g/mol. The number of nitrogens with zero attached hydrogens (tertiary/aromatic N) is 1. The summed E-state index contributed by atoms with van der Waals surface area (Å²) in [4.78, 5) is 17.1. The molecule has 1 N–H and O–H groups in total. The molecule has 2 heterocycles. The molecule has 35 heavy (non-hydrogen) atoms. The predicted octanol–water partition coefficient (Wildman–Crippen LogP) is 8.81. The number of carbonyl (C=O) groups is 1. The number of hydrogen-bond acceptors (Lipinski definition) is 2. The Balaban J connectivity index is 1.88. The summed E-state index contributed by atoms with van der Waals surface area (Å²) in [5.74, 6) is 0. The first-order chi connectivity index (χ1) is 16.1. The first-order valence-corrected chi connectivity index (χ1v) is 12.4. The normalized spacial score (nSPS) is 13.4. The molecule has 0 unspecified atom stereocenters. The van der Waals surface area contributed by atoms with E-state index >= 15 is 0 Å². The zero-order chi connectivity index (χ0) is 25.5. The number of nitrogens with one attached hydrogen (secondary N) is 1. The number of fused-ring (bicyclic) bond motifs is 6. The maximum atomic E-state index is 13.5. The standard InChI is InChI=1S/C31H36N2O2/c1-29(2,3)18-10-12-24-20(14-18)21-17-27-23(16-25(21)32-24)22-15-19(30(4,5)6)11-13-26(22)33(27)28(34)35-31(7,8)9/h10-17,32H,1-9H3. The summed E-state index contributed by atoms with van der Waals surface area (Å²) >= 11 is 0. The van der Waals surface area contributed by atoms with Crippen LogP contribution in [-0.2, 0) is 15.6 Å². The molecule has 0 saturated carbocycles. The summed E-state index contributed by atoms with van der Waals surface area (Å²) in [7, 11) is 0. The topological polar surface area (TPSA) is 47.0 Å². The van der Waals surface area contributed by atoms with Gasteiger partial charge in [-0.25, -0.2) is 9.36 Å². The molecular formula is C31H36N2O2. The van der Waals surface area contributed by atoms with Gasteiger partial charge in [0, 0.05) is 32.6 Å². The predicted molar refractivity (Wildman–Crippen MR) is 148 cm³/mol. The molecule has 3 aromatic carbocycles. The molecule has 5 rings (SSSR count). The van der Waals surface area contributed by atoms with Crippen LogP contribution in [0.5, 0.6) is 0 Å². The quantitative estimate of drug-likeness (QED) is 0.247. The molecule has 4 heteroatoms. The van der Waals surface area contributed by atoms with Crippen LogP contribution in [0.25, 0.3) is 43.6 Å². The molecule has 2 aromatic heterocycles. The van der Waals surface area contributed by atoms with Gasteiger partial charge in [0.25, 0.3) is 0 Å². The van der Waals surface area contributed by atoms with Crippen molar-refractivity contribution in [1.29, 1.82) is 0 Å². The van der Waals surface area contributed by atoms with E-state index < -0.39 is 5.60 Å². The third-order valence-electron chi connectivity index (χ3n) is 6.79. The fourth-order valence-corrected chi connectivity index (χ4v) is 4.85. The van der Waals surface area contributed by atoms with E-state index in [0.29, 0.717) is 0 Å². The highest BCUT2D eigenvalue weighted by atomic mass is 16.6. The van der Waals surface area contributed by atoms with Crippen LogP contribution in [0, 0.1) is 0 Å². The molecule has 0 spiro atoms. The van der Waals surface area contributed by atoms with Gasteiger partial charge in [-0.3, -0.25) is 0 Å². The smallest absolute Gasteiger partial charge is 0.419 e. The van der Waals surface area contributed by atoms with E-state index in [4.69, 9.17) is 4.74 Å². The maximum Gasteiger partial charge on any atom is 0.419 e. The van der Waals surface area contributed by atoms with Crippen molar-refractivity contribution in [2.24, 2.45) is 0 Å². The Hall–Kier alpha value is -3.27. The molecule has 4 nitrogen and oxygen atoms in total. The van der Waals surface area contributed by atoms with Crippen molar-refractivity contribution in [2.75, 3.05) is 0 Å². The molecule has 0 aliphatic heterocycles. The van der Waals surface area contributed by atoms with Crippen molar-refractivity contribution < 1.29 is 9.53 Å². The second kappa shape index (κ2) is 7.36. The lowest BCUT2D eigenvalue weighted by atomic mass is 9.86. The minimum absolute atomic E-state index is 0.00308. The molecule has 182 valence electrons. The minimum Gasteiger partial charge on any atom is -0.443 e. The average molecular weight is 469 g/mol. The van der Waals surface area contributed by atoms with Crippen LogP contribution < -0.4 is 0 Å². The molecule has 0 aliphatic rings. The first kappa shape index (κ1) is 23.5. The Labute approximate surface area is 207 Å². The van der Waals surface area contributed by atoms with Crippen molar-refractivity contribution in [3.63, 3.8) is 0 Å². The number of aromatic nitrogens is 2. The second-order valence-corrected chi connectivity index (χ2v) is 12.8. The lowest BCUT2D eigenvalue weighted by Crippen LogP contribution is -2.27. The lowest BCUT2D eigenvalue weighted by Gasteiger charge is -2.21. The van der Waals surface area contributed by atoms with E-state index in [1.54, 1.807) is 4.57 Å². The van der Waals surface area contributed by atoms with Gasteiger partial charge in [-0.1, -0.05) is 53.7 Å². The highest BCUT2D eigenvalue weighted by Crippen LogP contribution is 2.38. The Bertz CT molecular complexity index is 1630. The Morgan fingerprint density at radius 2 is 1.20 bits per heavy atom. The molecule has 0 fully saturated rings. The molecular weight excluding hydrogens is 432 g/mol. The summed E-state index contributed by atoms with van der Waals surface area (Å²) in [6, 6.07) is 17.4. The van der Waals surface area contributed by atoms with Crippen molar-refractivity contribution in [2.45, 2.75) is 78.7 Å². The van der Waals surface area contributed by atoms with Crippen LogP contribution in [0.4, 0.5) is 4.79 Å². The maximum absolute atomic E-state index is 13.5. The summed E-state index contributed by atoms with van der Waals surface area (Å²) in [5, 5.41) is 4.40. The van der Waals surface area contributed by atoms with Gasteiger partial charge in [-0.2, -0.15) is 0 Å². The van der Waals surface area contributed by atoms with Gasteiger partial charge in [0.1, 0.15) is 5.60 Å². The zero-order valence-electron chi connectivity index (χ0n) is 22.4. The minimum atomic E-state index is -0.585. The van der Waals surface area contributed by atoms with Gasteiger partial charge in [0.2, 0.25) is 0 Å². The number of aromatic amines is 1. The Morgan fingerprint density at radius 1 is 0.657 bits per heavy atom. The zero-order valence-corrected chi connectivity index (χ0v) is 22.4. The lowest BCUT2D eigenvalue weighted by molar-refractivity contribution is 0.0551. The SMILES string of the molecule is CC(C)(C)OC(=O)n1c2ccc(C(C)(C)C)cc2c2cc3[nH]c4ccc(C(C)(C)C)cc4c3cc21. The van der Waals surface area contributed by atoms with E-state index in [1.165, 1.54) is 16.5 Å². The molecule has 5 aromatic rings. The van der Waals surface area contributed by atoms with Crippen LogP contribution in [-0.4, -0.2) is 21.2 Å². The number of H-pyrrole nitrogens is 1. The molecule has 0 saturated heterocycles. The largest absolute Gasteiger partial charge is 0.443 e. The first-order valence-electron chi connectivity index (χ1n) is 12.4. The fourth-order valence-electron chi connectivity index (χ4n) is 4.85. The van der Waals surface area contributed by atoms with Gasteiger partial charge < -0.3 is 9.72 Å². The summed E-state index contributed by atoms with van der Waals surface area (Å²) < 4.78 is 7.60. The van der Waals surface area contributed by atoms with Gasteiger partial charge in [-0.05, 0) is 79.1 Å². The molecule has 0 bridgehead atoms. The van der Waals surface area contributed by atoms with E-state index in [0.717, 1.165) is 38.2 Å². The average Bonchev–Trinajstić information content (AvgIpc) is 3.23. The van der Waals surface area contributed by atoms with E-state index in [2.05, 4.69) is 95.1 Å². The molecule has 0 amide bonds. The van der Waals surface area contributed by atoms with E-state index in [-0.39, 0.29) is 16.9 Å². The van der Waals surface area contributed by atoms with Crippen LogP contribution in [0.1, 0.15) is 73.4 Å². The summed E-state index contributed by atoms with van der Waals surface area (Å²) in [6.45, 7) is 19.0. The van der Waals surface area contributed by atoms with E-state index in [1.807, 2.05) is 20.8 Å². The third kappa shape index (κ3) is 3.99. The van der Waals surface area contributed by atoms with Crippen molar-refractivity contribution >= 4 is 49.7 Å². The number of hydrogen-bond donors (Lipinski definition) is 1. The number of rotatable bonds is 0. The third-order valence-corrected chi connectivity index (χ3v) is 6.79. The Morgan fingerprint density at radius 3 is 1.80 bits per heavy atom. The van der Waals surface area contributed by atoms with Crippen molar-refractivity contribution in [3.8, 4) is 0 Å². The molecule has 0 radical (unpaired) electrons. The van der Waals surface area contributed by atoms with Gasteiger partial charge in [-0.15, -0.1) is 0 Å². The molecule has 0 aliphatic carbocycles. The van der Waals surface area contributed by atoms with Crippen LogP contribution >= 0.6 is 0 Å². The van der Waals surface area contributed by atoms with E-state index in [9.17, 15) is 4.79 Å². The second-order valence-electron chi connectivity index (χ2n) is 12.8.